The topological polar surface area (TPSA) is 24.5 Å². The van der Waals surface area contributed by atoms with Gasteiger partial charge in [0.05, 0.1) is 6.61 Å². The summed E-state index contributed by atoms with van der Waals surface area (Å²) in [6.07, 6.45) is 6.49. The lowest BCUT2D eigenvalue weighted by atomic mass is 10.1. The predicted molar refractivity (Wildman–Crippen MR) is 80.1 cm³/mol. The molecule has 3 heterocycles. The maximum Gasteiger partial charge on any atom is 0.174 e. The van der Waals surface area contributed by atoms with E-state index in [0.29, 0.717) is 0 Å². The largest absolute Gasteiger partial charge is 0.484 e. The molecule has 0 aromatic carbocycles. The first kappa shape index (κ1) is 13.4. The minimum absolute atomic E-state index is 0.864. The molecule has 19 heavy (non-hydrogen) atoms. The van der Waals surface area contributed by atoms with E-state index in [2.05, 4.69) is 16.3 Å². The fourth-order valence-corrected chi connectivity index (χ4v) is 3.99. The van der Waals surface area contributed by atoms with Crippen molar-refractivity contribution in [3.8, 4) is 5.06 Å². The van der Waals surface area contributed by atoms with Crippen molar-refractivity contribution >= 4 is 11.3 Å². The van der Waals surface area contributed by atoms with Gasteiger partial charge in [-0.05, 0) is 56.9 Å². The maximum absolute atomic E-state index is 5.91. The number of fused-ring (bicyclic) bond motifs is 1. The van der Waals surface area contributed by atoms with Crippen LogP contribution in [0.4, 0.5) is 0 Å². The first-order valence-corrected chi connectivity index (χ1v) is 8.41. The molecule has 1 N–H and O–H groups in total. The molecule has 0 spiro atoms. The van der Waals surface area contributed by atoms with Crippen LogP contribution in [0, 0.1) is 0 Å². The summed E-state index contributed by atoms with van der Waals surface area (Å²) in [5.41, 5.74) is 1.50. The van der Waals surface area contributed by atoms with Crippen molar-refractivity contribution < 1.29 is 4.74 Å². The minimum atomic E-state index is 0.864. The fourth-order valence-electron chi connectivity index (χ4n) is 2.94. The van der Waals surface area contributed by atoms with Crippen LogP contribution in [0.1, 0.15) is 36.1 Å². The number of thiophene rings is 1. The molecule has 106 valence electrons. The quantitative estimate of drug-likeness (QED) is 0.839. The lowest BCUT2D eigenvalue weighted by molar-refractivity contribution is 0.206. The summed E-state index contributed by atoms with van der Waals surface area (Å²) in [4.78, 5) is 4.05. The summed E-state index contributed by atoms with van der Waals surface area (Å²) < 4.78 is 5.91. The van der Waals surface area contributed by atoms with Gasteiger partial charge in [-0.1, -0.05) is 6.42 Å². The molecule has 1 saturated heterocycles. The van der Waals surface area contributed by atoms with Crippen molar-refractivity contribution in [1.29, 1.82) is 0 Å². The molecule has 1 aromatic rings. The number of hydrogen-bond acceptors (Lipinski definition) is 4. The second-order valence-corrected chi connectivity index (χ2v) is 6.64. The Morgan fingerprint density at radius 3 is 3.00 bits per heavy atom. The third-order valence-electron chi connectivity index (χ3n) is 4.04. The van der Waals surface area contributed by atoms with Gasteiger partial charge in [0.25, 0.3) is 0 Å². The highest BCUT2D eigenvalue weighted by Crippen LogP contribution is 2.31. The van der Waals surface area contributed by atoms with Crippen LogP contribution >= 0.6 is 11.3 Å². The molecule has 2 aliphatic rings. The molecule has 0 saturated carbocycles. The van der Waals surface area contributed by atoms with Crippen molar-refractivity contribution in [2.24, 2.45) is 0 Å². The zero-order valence-corrected chi connectivity index (χ0v) is 12.4. The maximum atomic E-state index is 5.91. The normalized spacial score (nSPS) is 20.2. The van der Waals surface area contributed by atoms with Crippen LogP contribution in [0.15, 0.2) is 6.07 Å². The summed E-state index contributed by atoms with van der Waals surface area (Å²) in [5, 5.41) is 4.53. The molecule has 3 rings (SSSR count). The average molecular weight is 280 g/mol. The van der Waals surface area contributed by atoms with Gasteiger partial charge in [0.15, 0.2) is 5.06 Å². The van der Waals surface area contributed by atoms with E-state index in [1.165, 1.54) is 49.3 Å². The van der Waals surface area contributed by atoms with Gasteiger partial charge in [-0.25, -0.2) is 0 Å². The number of hydrogen-bond donors (Lipinski definition) is 1. The highest BCUT2D eigenvalue weighted by molar-refractivity contribution is 7.14. The molecule has 3 nitrogen and oxygen atoms in total. The van der Waals surface area contributed by atoms with Crippen molar-refractivity contribution in [1.82, 2.24) is 10.2 Å². The summed E-state index contributed by atoms with van der Waals surface area (Å²) in [7, 11) is 0. The monoisotopic (exact) mass is 280 g/mol. The lowest BCUT2D eigenvalue weighted by Gasteiger charge is -2.26. The summed E-state index contributed by atoms with van der Waals surface area (Å²) in [6, 6.07) is 2.25. The van der Waals surface area contributed by atoms with E-state index >= 15 is 0 Å². The van der Waals surface area contributed by atoms with Gasteiger partial charge in [-0.2, -0.15) is 0 Å². The number of nitrogens with one attached hydrogen (secondary N) is 1. The van der Waals surface area contributed by atoms with E-state index in [0.717, 1.165) is 37.6 Å². The van der Waals surface area contributed by atoms with Gasteiger partial charge < -0.3 is 15.0 Å². The van der Waals surface area contributed by atoms with Gasteiger partial charge >= 0.3 is 0 Å². The summed E-state index contributed by atoms with van der Waals surface area (Å²) in [6.45, 7) is 6.78. The van der Waals surface area contributed by atoms with Crippen LogP contribution in [0.5, 0.6) is 5.06 Å². The number of piperidine rings is 1. The zero-order chi connectivity index (χ0) is 12.9. The first-order valence-electron chi connectivity index (χ1n) is 7.59. The molecular weight excluding hydrogens is 256 g/mol. The third kappa shape index (κ3) is 3.71. The SMILES string of the molecule is c1c(OCCCN2CCCCC2)sc2c1CCNC2. The number of ether oxygens (including phenoxy) is 1. The Kier molecular flexibility index (Phi) is 4.75. The van der Waals surface area contributed by atoms with Gasteiger partial charge in [0, 0.05) is 18.0 Å². The fraction of sp³-hybridized carbons (Fsp3) is 0.733. The predicted octanol–water partition coefficient (Wildman–Crippen LogP) is 2.65. The minimum Gasteiger partial charge on any atom is -0.484 e. The molecule has 0 bridgehead atoms. The van der Waals surface area contributed by atoms with Gasteiger partial charge in [0.2, 0.25) is 0 Å². The van der Waals surface area contributed by atoms with Crippen molar-refractivity contribution in [3.05, 3.63) is 16.5 Å². The molecule has 0 aliphatic carbocycles. The summed E-state index contributed by atoms with van der Waals surface area (Å²) in [5.74, 6) is 0. The molecular formula is C15H24N2OS. The molecule has 0 radical (unpaired) electrons. The first-order chi connectivity index (χ1) is 9.42. The summed E-state index contributed by atoms with van der Waals surface area (Å²) >= 11 is 1.82. The Morgan fingerprint density at radius 2 is 2.16 bits per heavy atom. The van der Waals surface area contributed by atoms with E-state index < -0.39 is 0 Å². The van der Waals surface area contributed by atoms with Gasteiger partial charge in [0.1, 0.15) is 0 Å². The standard InChI is InChI=1S/C15H24N2OS/c1-2-7-17(8-3-1)9-4-10-18-15-11-13-5-6-16-12-14(13)19-15/h11,16H,1-10,12H2. The van der Waals surface area contributed by atoms with Crippen molar-refractivity contribution in [3.63, 3.8) is 0 Å². The van der Waals surface area contributed by atoms with Gasteiger partial charge in [-0.3, -0.25) is 0 Å². The van der Waals surface area contributed by atoms with Crippen LogP contribution in [-0.2, 0) is 13.0 Å². The second-order valence-electron chi connectivity index (χ2n) is 5.54. The van der Waals surface area contributed by atoms with Crippen LogP contribution in [0.3, 0.4) is 0 Å². The Hall–Kier alpha value is -0.580. The average Bonchev–Trinajstić information content (AvgIpc) is 2.87. The molecule has 1 fully saturated rings. The molecule has 1 aromatic heterocycles. The van der Waals surface area contributed by atoms with Crippen LogP contribution < -0.4 is 10.1 Å². The van der Waals surface area contributed by atoms with Crippen LogP contribution in [0.25, 0.3) is 0 Å². The van der Waals surface area contributed by atoms with E-state index in [-0.39, 0.29) is 0 Å². The molecule has 4 heteroatoms. The third-order valence-corrected chi connectivity index (χ3v) is 5.13. The smallest absolute Gasteiger partial charge is 0.174 e. The van der Waals surface area contributed by atoms with Crippen molar-refractivity contribution in [2.45, 2.75) is 38.6 Å². The molecule has 0 atom stereocenters. The van der Waals surface area contributed by atoms with Gasteiger partial charge in [-0.15, -0.1) is 11.3 Å². The lowest BCUT2D eigenvalue weighted by Crippen LogP contribution is -2.31. The zero-order valence-electron chi connectivity index (χ0n) is 11.6. The Morgan fingerprint density at radius 1 is 1.26 bits per heavy atom. The van der Waals surface area contributed by atoms with E-state index in [1.54, 1.807) is 0 Å². The molecule has 0 amide bonds. The molecule has 0 unspecified atom stereocenters. The van der Waals surface area contributed by atoms with Crippen LogP contribution in [0.2, 0.25) is 0 Å². The van der Waals surface area contributed by atoms with E-state index in [9.17, 15) is 0 Å². The second kappa shape index (κ2) is 6.73. The van der Waals surface area contributed by atoms with Crippen LogP contribution in [-0.4, -0.2) is 37.7 Å². The highest BCUT2D eigenvalue weighted by atomic mass is 32.1. The number of nitrogens with zero attached hydrogens (tertiary/aromatic N) is 1. The Bertz CT molecular complexity index is 375. The van der Waals surface area contributed by atoms with E-state index in [1.807, 2.05) is 11.3 Å². The molecule has 2 aliphatic heterocycles. The van der Waals surface area contributed by atoms with E-state index in [4.69, 9.17) is 4.74 Å². The Balaban J connectivity index is 1.38. The number of likely N-dealkylation sites (tertiary alicyclic amines) is 1. The number of rotatable bonds is 5. The van der Waals surface area contributed by atoms with Crippen molar-refractivity contribution in [2.75, 3.05) is 32.8 Å². The Labute approximate surface area is 119 Å². The highest BCUT2D eigenvalue weighted by Gasteiger charge is 2.13.